The third-order valence-corrected chi connectivity index (χ3v) is 3.90. The van der Waals surface area contributed by atoms with Crippen molar-refractivity contribution in [2.24, 2.45) is 0 Å². The lowest BCUT2D eigenvalue weighted by Gasteiger charge is -2.01. The van der Waals surface area contributed by atoms with Crippen molar-refractivity contribution in [1.29, 1.82) is 0 Å². The molecule has 0 radical (unpaired) electrons. The highest BCUT2D eigenvalue weighted by Crippen LogP contribution is 2.17. The summed E-state index contributed by atoms with van der Waals surface area (Å²) in [5, 5.41) is 9.96. The minimum absolute atomic E-state index is 0.158. The number of thiazole rings is 1. The fourth-order valence-electron chi connectivity index (χ4n) is 2.08. The predicted octanol–water partition coefficient (Wildman–Crippen LogP) is 1.84. The van der Waals surface area contributed by atoms with Crippen LogP contribution in [0.4, 0.5) is 0 Å². The van der Waals surface area contributed by atoms with Crippen molar-refractivity contribution in [3.63, 3.8) is 0 Å². The molecule has 2 aromatic heterocycles. The molecule has 2 heterocycles. The molecule has 20 heavy (non-hydrogen) atoms. The largest absolute Gasteiger partial charge is 0.478 e. The van der Waals surface area contributed by atoms with Gasteiger partial charge in [-0.2, -0.15) is 0 Å². The maximum absolute atomic E-state index is 12.0. The molecule has 3 rings (SSSR count). The predicted molar refractivity (Wildman–Crippen MR) is 75.5 cm³/mol. The second kappa shape index (κ2) is 4.61. The van der Waals surface area contributed by atoms with Gasteiger partial charge in [0.05, 0.1) is 28.1 Å². The summed E-state index contributed by atoms with van der Waals surface area (Å²) in [5.74, 6) is -1.01. The Bertz CT molecular complexity index is 859. The van der Waals surface area contributed by atoms with E-state index in [-0.39, 0.29) is 11.3 Å². The van der Waals surface area contributed by atoms with E-state index in [9.17, 15) is 9.59 Å². The first kappa shape index (κ1) is 12.6. The number of nitrogens with one attached hydrogen (secondary N) is 1. The van der Waals surface area contributed by atoms with Crippen molar-refractivity contribution in [3.05, 3.63) is 50.3 Å². The van der Waals surface area contributed by atoms with Crippen LogP contribution < -0.4 is 5.69 Å². The van der Waals surface area contributed by atoms with Crippen LogP contribution in [0.2, 0.25) is 0 Å². The molecule has 0 saturated heterocycles. The fraction of sp³-hybridized carbons (Fsp3) is 0.154. The van der Waals surface area contributed by atoms with Crippen LogP contribution in [0.25, 0.3) is 11.0 Å². The topological polar surface area (TPSA) is 88.0 Å². The molecule has 1 aromatic carbocycles. The Kier molecular flexibility index (Phi) is 2.90. The number of carbonyl (C=O) groups is 1. The van der Waals surface area contributed by atoms with E-state index in [2.05, 4.69) is 9.97 Å². The third-order valence-electron chi connectivity index (χ3n) is 3.01. The summed E-state index contributed by atoms with van der Waals surface area (Å²) in [6.07, 6.45) is 1.73. The first-order valence-electron chi connectivity index (χ1n) is 5.92. The molecule has 7 heteroatoms. The van der Waals surface area contributed by atoms with Crippen LogP contribution >= 0.6 is 11.3 Å². The van der Waals surface area contributed by atoms with Gasteiger partial charge in [0, 0.05) is 11.1 Å². The quantitative estimate of drug-likeness (QED) is 0.770. The molecule has 0 saturated carbocycles. The zero-order chi connectivity index (χ0) is 14.3. The zero-order valence-electron chi connectivity index (χ0n) is 10.6. The number of hydrogen-bond acceptors (Lipinski definition) is 4. The first-order chi connectivity index (χ1) is 9.54. The van der Waals surface area contributed by atoms with Crippen LogP contribution in [-0.4, -0.2) is 25.6 Å². The Morgan fingerprint density at radius 1 is 1.50 bits per heavy atom. The molecule has 0 aliphatic carbocycles. The van der Waals surface area contributed by atoms with Crippen molar-refractivity contribution in [2.45, 2.75) is 13.5 Å². The molecule has 0 atom stereocenters. The highest BCUT2D eigenvalue weighted by molar-refractivity contribution is 7.11. The van der Waals surface area contributed by atoms with Gasteiger partial charge in [-0.05, 0) is 25.1 Å². The molecule has 3 aromatic rings. The first-order valence-corrected chi connectivity index (χ1v) is 6.73. The maximum Gasteiger partial charge on any atom is 0.335 e. The standard InChI is InChI=1S/C13H11N3O3S/c1-7-14-5-9(20-7)6-16-11-4-8(12(17)18)2-3-10(11)15-13(16)19/h2-5H,6H2,1H3,(H,15,19)(H,17,18). The Morgan fingerprint density at radius 2 is 2.30 bits per heavy atom. The average Bonchev–Trinajstić information content (AvgIpc) is 2.94. The maximum atomic E-state index is 12.0. The lowest BCUT2D eigenvalue weighted by atomic mass is 10.2. The number of H-pyrrole nitrogens is 1. The van der Waals surface area contributed by atoms with E-state index in [1.807, 2.05) is 6.92 Å². The molecular weight excluding hydrogens is 278 g/mol. The van der Waals surface area contributed by atoms with Gasteiger partial charge in [0.1, 0.15) is 0 Å². The fourth-order valence-corrected chi connectivity index (χ4v) is 2.86. The van der Waals surface area contributed by atoms with Gasteiger partial charge in [-0.3, -0.25) is 4.57 Å². The van der Waals surface area contributed by atoms with Crippen molar-refractivity contribution >= 4 is 28.3 Å². The molecule has 0 bridgehead atoms. The molecule has 0 unspecified atom stereocenters. The normalized spacial score (nSPS) is 11.1. The Hall–Kier alpha value is -2.41. The molecule has 6 nitrogen and oxygen atoms in total. The Labute approximate surface area is 117 Å². The van der Waals surface area contributed by atoms with E-state index in [1.54, 1.807) is 12.3 Å². The number of benzene rings is 1. The van der Waals surface area contributed by atoms with Crippen molar-refractivity contribution in [1.82, 2.24) is 14.5 Å². The molecule has 0 aliphatic rings. The molecule has 0 amide bonds. The lowest BCUT2D eigenvalue weighted by Crippen LogP contribution is -2.16. The van der Waals surface area contributed by atoms with Gasteiger partial charge >= 0.3 is 11.7 Å². The molecular formula is C13H11N3O3S. The number of aromatic amines is 1. The summed E-state index contributed by atoms with van der Waals surface area (Å²) in [7, 11) is 0. The molecule has 0 aliphatic heterocycles. The van der Waals surface area contributed by atoms with Gasteiger partial charge in [0.25, 0.3) is 0 Å². The number of rotatable bonds is 3. The van der Waals surface area contributed by atoms with Gasteiger partial charge in [0.2, 0.25) is 0 Å². The summed E-state index contributed by atoms with van der Waals surface area (Å²) in [6.45, 7) is 2.28. The van der Waals surface area contributed by atoms with Gasteiger partial charge in [-0.1, -0.05) is 0 Å². The van der Waals surface area contributed by atoms with Gasteiger partial charge in [0.15, 0.2) is 0 Å². The van der Waals surface area contributed by atoms with E-state index in [4.69, 9.17) is 5.11 Å². The Balaban J connectivity index is 2.13. The second-order valence-corrected chi connectivity index (χ2v) is 5.72. The van der Waals surface area contributed by atoms with E-state index in [0.29, 0.717) is 17.6 Å². The van der Waals surface area contributed by atoms with E-state index in [0.717, 1.165) is 9.88 Å². The number of aromatic nitrogens is 3. The van der Waals surface area contributed by atoms with E-state index >= 15 is 0 Å². The van der Waals surface area contributed by atoms with Crippen LogP contribution in [0.3, 0.4) is 0 Å². The number of aryl methyl sites for hydroxylation is 1. The number of fused-ring (bicyclic) bond motifs is 1. The smallest absolute Gasteiger partial charge is 0.335 e. The monoisotopic (exact) mass is 289 g/mol. The summed E-state index contributed by atoms with van der Waals surface area (Å²) in [4.78, 5) is 30.8. The molecule has 2 N–H and O–H groups in total. The number of carboxylic acids is 1. The van der Waals surface area contributed by atoms with Crippen LogP contribution in [0.15, 0.2) is 29.2 Å². The number of hydrogen-bond donors (Lipinski definition) is 2. The van der Waals surface area contributed by atoms with Crippen LogP contribution in [0.5, 0.6) is 0 Å². The Morgan fingerprint density at radius 3 is 2.95 bits per heavy atom. The minimum atomic E-state index is -1.01. The summed E-state index contributed by atoms with van der Waals surface area (Å²) in [5.41, 5.74) is 1.11. The number of aromatic carboxylic acids is 1. The average molecular weight is 289 g/mol. The highest BCUT2D eigenvalue weighted by atomic mass is 32.1. The summed E-state index contributed by atoms with van der Waals surface area (Å²) >= 11 is 1.51. The van der Waals surface area contributed by atoms with Crippen LogP contribution in [0.1, 0.15) is 20.2 Å². The zero-order valence-corrected chi connectivity index (χ0v) is 11.4. The number of imidazole rings is 1. The van der Waals surface area contributed by atoms with Crippen molar-refractivity contribution in [2.75, 3.05) is 0 Å². The second-order valence-electron chi connectivity index (χ2n) is 4.40. The van der Waals surface area contributed by atoms with Gasteiger partial charge < -0.3 is 10.1 Å². The third kappa shape index (κ3) is 2.12. The van der Waals surface area contributed by atoms with Crippen LogP contribution in [0, 0.1) is 6.92 Å². The van der Waals surface area contributed by atoms with Crippen LogP contribution in [-0.2, 0) is 6.54 Å². The summed E-state index contributed by atoms with van der Waals surface area (Å²) < 4.78 is 1.52. The molecule has 0 fully saturated rings. The van der Waals surface area contributed by atoms with Crippen molar-refractivity contribution in [3.8, 4) is 0 Å². The minimum Gasteiger partial charge on any atom is -0.478 e. The van der Waals surface area contributed by atoms with E-state index in [1.165, 1.54) is 28.0 Å². The summed E-state index contributed by atoms with van der Waals surface area (Å²) in [6, 6.07) is 4.58. The molecule has 0 spiro atoms. The lowest BCUT2D eigenvalue weighted by molar-refractivity contribution is 0.0697. The van der Waals surface area contributed by atoms with E-state index < -0.39 is 5.97 Å². The van der Waals surface area contributed by atoms with Gasteiger partial charge in [-0.25, -0.2) is 14.6 Å². The number of nitrogens with zero attached hydrogens (tertiary/aromatic N) is 2. The molecule has 102 valence electrons. The van der Waals surface area contributed by atoms with Gasteiger partial charge in [-0.15, -0.1) is 11.3 Å². The number of carboxylic acid groups (broad SMARTS) is 1. The SMILES string of the molecule is Cc1ncc(Cn2c(=O)[nH]c3ccc(C(=O)O)cc32)s1. The van der Waals surface area contributed by atoms with Crippen molar-refractivity contribution < 1.29 is 9.90 Å². The highest BCUT2D eigenvalue weighted by Gasteiger charge is 2.11.